The van der Waals surface area contributed by atoms with E-state index in [9.17, 15) is 19.5 Å². The maximum absolute atomic E-state index is 16.2. The Morgan fingerprint density at radius 1 is 1.15 bits per heavy atom. The number of carboxylic acids is 1. The number of ether oxygens (including phenoxy) is 1. The van der Waals surface area contributed by atoms with Gasteiger partial charge in [-0.15, -0.1) is 0 Å². The van der Waals surface area contributed by atoms with Crippen molar-refractivity contribution in [3.63, 3.8) is 0 Å². The first-order chi connectivity index (χ1) is 22.6. The number of benzene rings is 1. The number of likely N-dealkylation sites (tertiary alicyclic amines) is 1. The molecule has 2 atom stereocenters. The van der Waals surface area contributed by atoms with Crippen molar-refractivity contribution in [2.24, 2.45) is 5.92 Å². The number of aryl methyl sites for hydroxylation is 1. The molecule has 0 spiro atoms. The van der Waals surface area contributed by atoms with Gasteiger partial charge in [0.1, 0.15) is 16.8 Å². The molecule has 2 fully saturated rings. The van der Waals surface area contributed by atoms with Crippen molar-refractivity contribution in [2.75, 3.05) is 43.5 Å². The van der Waals surface area contributed by atoms with Gasteiger partial charge in [0.15, 0.2) is 11.6 Å². The highest BCUT2D eigenvalue weighted by Gasteiger charge is 2.42. The van der Waals surface area contributed by atoms with Gasteiger partial charge in [0.2, 0.25) is 0 Å². The number of likely N-dealkylation sites (N-methyl/N-ethyl adjacent to an activating group) is 1. The van der Waals surface area contributed by atoms with Crippen molar-refractivity contribution in [1.29, 1.82) is 0 Å². The summed E-state index contributed by atoms with van der Waals surface area (Å²) in [6, 6.07) is 5.80. The van der Waals surface area contributed by atoms with E-state index in [1.807, 2.05) is 13.0 Å². The van der Waals surface area contributed by atoms with Crippen LogP contribution in [0.5, 0.6) is 0 Å². The first-order valence-corrected chi connectivity index (χ1v) is 15.8. The molecule has 48 heavy (non-hydrogen) atoms. The van der Waals surface area contributed by atoms with Gasteiger partial charge >= 0.3 is 12.1 Å². The fourth-order valence-corrected chi connectivity index (χ4v) is 7.37. The predicted octanol–water partition coefficient (Wildman–Crippen LogP) is 5.79. The Kier molecular flexibility index (Phi) is 7.24. The van der Waals surface area contributed by atoms with E-state index >= 15 is 8.78 Å². The summed E-state index contributed by atoms with van der Waals surface area (Å²) < 4.78 is 38.6. The zero-order chi connectivity index (χ0) is 34.4. The van der Waals surface area contributed by atoms with E-state index in [2.05, 4.69) is 26.8 Å². The number of rotatable bonds is 4. The summed E-state index contributed by atoms with van der Waals surface area (Å²) in [5, 5.41) is 9.92. The third-order valence-electron chi connectivity index (χ3n) is 9.49. The summed E-state index contributed by atoms with van der Waals surface area (Å²) in [6.07, 6.45) is 3.36. The molecule has 13 heteroatoms. The number of H-pyrrole nitrogens is 1. The summed E-state index contributed by atoms with van der Waals surface area (Å²) >= 11 is 0. The molecule has 6 heterocycles. The number of pyridine rings is 3. The number of nitrogens with zero attached hydrogens (tertiary/aromatic N) is 5. The van der Waals surface area contributed by atoms with Gasteiger partial charge < -0.3 is 24.6 Å². The molecule has 0 unspecified atom stereocenters. The lowest BCUT2D eigenvalue weighted by Crippen LogP contribution is -2.35. The van der Waals surface area contributed by atoms with Crippen LogP contribution in [-0.2, 0) is 4.74 Å². The number of fused-ring (bicyclic) bond motifs is 5. The number of hydrogen-bond acceptors (Lipinski definition) is 7. The Hall–Kier alpha value is -5.04. The molecule has 4 aromatic heterocycles. The van der Waals surface area contributed by atoms with Gasteiger partial charge in [-0.05, 0) is 70.8 Å². The van der Waals surface area contributed by atoms with E-state index in [1.165, 1.54) is 17.5 Å². The van der Waals surface area contributed by atoms with Gasteiger partial charge in [-0.2, -0.15) is 0 Å². The second kappa shape index (κ2) is 11.0. The highest BCUT2D eigenvalue weighted by molar-refractivity contribution is 6.19. The Morgan fingerprint density at radius 3 is 2.60 bits per heavy atom. The van der Waals surface area contributed by atoms with Crippen LogP contribution in [0.4, 0.5) is 25.0 Å². The lowest BCUT2D eigenvalue weighted by atomic mass is 9.99. The first-order valence-electron chi connectivity index (χ1n) is 15.8. The van der Waals surface area contributed by atoms with Gasteiger partial charge in [-0.25, -0.2) is 23.4 Å². The SMILES string of the molecule is Cc1cc(-c2cnc3[nH]c4c(N(C)C(=O)OC(C)(C)C)cc(F)c(F)c4c3c2N2CC[C@H]3CN(C)C[C@H]32)cn2c(=O)c(C(=O)O)ccc12. The van der Waals surface area contributed by atoms with Crippen LogP contribution in [-0.4, -0.2) is 81.8 Å². The summed E-state index contributed by atoms with van der Waals surface area (Å²) in [5.74, 6) is -3.21. The summed E-state index contributed by atoms with van der Waals surface area (Å²) in [7, 11) is 3.49. The molecule has 0 bridgehead atoms. The molecule has 2 saturated heterocycles. The molecule has 7 rings (SSSR count). The van der Waals surface area contributed by atoms with E-state index in [0.29, 0.717) is 51.4 Å². The zero-order valence-corrected chi connectivity index (χ0v) is 27.5. The van der Waals surface area contributed by atoms with Crippen LogP contribution in [0.25, 0.3) is 38.6 Å². The normalized spacial score (nSPS) is 18.3. The van der Waals surface area contributed by atoms with Crippen LogP contribution < -0.4 is 15.4 Å². The van der Waals surface area contributed by atoms with E-state index in [1.54, 1.807) is 39.2 Å². The van der Waals surface area contributed by atoms with Gasteiger partial charge in [0.25, 0.3) is 5.56 Å². The number of amides is 1. The van der Waals surface area contributed by atoms with Crippen LogP contribution in [0.1, 0.15) is 43.1 Å². The zero-order valence-electron chi connectivity index (χ0n) is 27.5. The molecule has 250 valence electrons. The second-order valence-electron chi connectivity index (χ2n) is 13.9. The lowest BCUT2D eigenvalue weighted by molar-refractivity contribution is 0.0588. The number of nitrogens with one attached hydrogen (secondary N) is 1. The van der Waals surface area contributed by atoms with E-state index in [-0.39, 0.29) is 28.2 Å². The van der Waals surface area contributed by atoms with Crippen molar-refractivity contribution in [3.05, 3.63) is 69.8 Å². The minimum atomic E-state index is -1.34. The highest BCUT2D eigenvalue weighted by Crippen LogP contribution is 2.47. The quantitative estimate of drug-likeness (QED) is 0.249. The molecule has 2 aliphatic rings. The number of aromatic amines is 1. The number of carbonyl (C=O) groups excluding carboxylic acids is 1. The molecule has 0 radical (unpaired) electrons. The summed E-state index contributed by atoms with van der Waals surface area (Å²) in [5.41, 5.74) is 1.68. The Balaban J connectivity index is 1.54. The molecular formula is C35H36F2N6O5. The Labute approximate surface area is 274 Å². The van der Waals surface area contributed by atoms with Gasteiger partial charge in [0.05, 0.1) is 33.2 Å². The maximum atomic E-state index is 16.2. The molecule has 2 N–H and O–H groups in total. The minimum Gasteiger partial charge on any atom is -0.477 e. The van der Waals surface area contributed by atoms with Crippen LogP contribution >= 0.6 is 0 Å². The van der Waals surface area contributed by atoms with Crippen LogP contribution in [0.2, 0.25) is 0 Å². The van der Waals surface area contributed by atoms with Gasteiger partial charge in [0, 0.05) is 62.3 Å². The molecule has 11 nitrogen and oxygen atoms in total. The standard InChI is InChI=1S/C35H36F2N6O5/c1-17-11-19(15-43-23(17)8-7-20(32(43)44)33(45)46)21-13-38-31-27(30(21)42-10-9-18-14-40(5)16-25(18)42)26-28(37)22(36)12-24(29(26)39-31)41(6)34(47)48-35(2,3)4/h7-8,11-13,15,18,25H,9-10,14,16H2,1-6H3,(H,38,39)(H,45,46)/t18-,25+/m0/s1. The third-order valence-corrected chi connectivity index (χ3v) is 9.49. The number of aromatic nitrogens is 3. The predicted molar refractivity (Wildman–Crippen MR) is 179 cm³/mol. The average Bonchev–Trinajstić information content (AvgIpc) is 3.69. The highest BCUT2D eigenvalue weighted by atomic mass is 19.2. The topological polar surface area (TPSA) is 123 Å². The molecule has 5 aromatic rings. The fourth-order valence-electron chi connectivity index (χ4n) is 7.37. The van der Waals surface area contributed by atoms with Crippen molar-refractivity contribution in [1.82, 2.24) is 19.3 Å². The van der Waals surface area contributed by atoms with Gasteiger partial charge in [-0.3, -0.25) is 14.1 Å². The van der Waals surface area contributed by atoms with Crippen molar-refractivity contribution >= 4 is 50.9 Å². The first kappa shape index (κ1) is 31.6. The molecular weight excluding hydrogens is 622 g/mol. The Morgan fingerprint density at radius 2 is 1.90 bits per heavy atom. The van der Waals surface area contributed by atoms with Crippen molar-refractivity contribution in [2.45, 2.75) is 45.8 Å². The summed E-state index contributed by atoms with van der Waals surface area (Å²) in [6.45, 7) is 9.28. The average molecular weight is 659 g/mol. The fraction of sp³-hybridized carbons (Fsp3) is 0.371. The number of carboxylic acid groups (broad SMARTS) is 1. The third kappa shape index (κ3) is 4.95. The molecule has 2 aliphatic heterocycles. The van der Waals surface area contributed by atoms with Crippen LogP contribution in [0.3, 0.4) is 0 Å². The van der Waals surface area contributed by atoms with E-state index in [4.69, 9.17) is 4.74 Å². The van der Waals surface area contributed by atoms with Crippen LogP contribution in [0.15, 0.2) is 41.5 Å². The monoisotopic (exact) mass is 658 g/mol. The van der Waals surface area contributed by atoms with Gasteiger partial charge in [-0.1, -0.05) is 0 Å². The molecule has 1 aromatic carbocycles. The molecule has 0 aliphatic carbocycles. The van der Waals surface area contributed by atoms with Crippen molar-refractivity contribution < 1.29 is 28.2 Å². The minimum absolute atomic E-state index is 0.0580. The number of halogens is 2. The number of hydrogen-bond donors (Lipinski definition) is 2. The summed E-state index contributed by atoms with van der Waals surface area (Å²) in [4.78, 5) is 51.7. The number of anilines is 2. The second-order valence-corrected chi connectivity index (χ2v) is 13.9. The number of aromatic carboxylic acids is 1. The van der Waals surface area contributed by atoms with E-state index in [0.717, 1.165) is 30.5 Å². The Bertz CT molecular complexity index is 2240. The number of carbonyl (C=O) groups is 2. The molecule has 0 saturated carbocycles. The lowest BCUT2D eigenvalue weighted by Gasteiger charge is -2.29. The molecule has 1 amide bonds. The van der Waals surface area contributed by atoms with E-state index < -0.39 is 34.9 Å². The van der Waals surface area contributed by atoms with Crippen molar-refractivity contribution in [3.8, 4) is 11.1 Å². The van der Waals surface area contributed by atoms with Crippen LogP contribution in [0, 0.1) is 24.5 Å². The maximum Gasteiger partial charge on any atom is 0.414 e. The largest absolute Gasteiger partial charge is 0.477 e. The smallest absolute Gasteiger partial charge is 0.414 e.